The third-order valence-corrected chi connectivity index (χ3v) is 4.60. The van der Waals surface area contributed by atoms with E-state index in [-0.39, 0.29) is 23.7 Å². The van der Waals surface area contributed by atoms with E-state index >= 15 is 0 Å². The zero-order valence-electron chi connectivity index (χ0n) is 13.8. The first-order valence-electron chi connectivity index (χ1n) is 8.21. The van der Waals surface area contributed by atoms with Crippen LogP contribution in [0.4, 0.5) is 0 Å². The second-order valence-electron chi connectivity index (χ2n) is 6.07. The van der Waals surface area contributed by atoms with E-state index in [1.54, 1.807) is 0 Å². The van der Waals surface area contributed by atoms with Gasteiger partial charge in [0.05, 0.1) is 12.5 Å². The van der Waals surface area contributed by atoms with E-state index in [2.05, 4.69) is 0 Å². The number of nitrogens with zero attached hydrogens (tertiary/aromatic N) is 1. The van der Waals surface area contributed by atoms with Gasteiger partial charge in [-0.25, -0.2) is 0 Å². The second kappa shape index (κ2) is 8.34. The van der Waals surface area contributed by atoms with Crippen LogP contribution in [0.25, 0.3) is 0 Å². The second-order valence-corrected chi connectivity index (χ2v) is 6.50. The quantitative estimate of drug-likeness (QED) is 0.771. The van der Waals surface area contributed by atoms with Crippen molar-refractivity contribution in [2.75, 3.05) is 19.7 Å². The van der Waals surface area contributed by atoms with Crippen molar-refractivity contribution in [2.45, 2.75) is 39.0 Å². The van der Waals surface area contributed by atoms with E-state index in [9.17, 15) is 9.59 Å². The molecule has 1 heterocycles. The van der Waals surface area contributed by atoms with Gasteiger partial charge in [-0.15, -0.1) is 0 Å². The molecule has 1 fully saturated rings. The molecule has 2 rings (SSSR count). The van der Waals surface area contributed by atoms with Crippen molar-refractivity contribution >= 4 is 23.5 Å². The van der Waals surface area contributed by atoms with Gasteiger partial charge in [-0.1, -0.05) is 30.7 Å². The van der Waals surface area contributed by atoms with E-state index in [1.165, 1.54) is 0 Å². The fourth-order valence-corrected chi connectivity index (χ4v) is 3.15. The summed E-state index contributed by atoms with van der Waals surface area (Å²) in [7, 11) is 0. The fourth-order valence-electron chi connectivity index (χ4n) is 2.95. The predicted molar refractivity (Wildman–Crippen MR) is 90.4 cm³/mol. The first-order chi connectivity index (χ1) is 11.0. The van der Waals surface area contributed by atoms with Gasteiger partial charge in [0.25, 0.3) is 0 Å². The number of carbonyl (C=O) groups is 2. The van der Waals surface area contributed by atoms with Crippen LogP contribution in [0, 0.1) is 5.92 Å². The van der Waals surface area contributed by atoms with Gasteiger partial charge in [-0.2, -0.15) is 0 Å². The molecule has 126 valence electrons. The van der Waals surface area contributed by atoms with Gasteiger partial charge in [0.1, 0.15) is 0 Å². The lowest BCUT2D eigenvalue weighted by Crippen LogP contribution is -2.41. The van der Waals surface area contributed by atoms with Gasteiger partial charge in [0, 0.05) is 24.5 Å². The molecular weight excluding hydrogens is 314 g/mol. The molecular formula is C18H24ClNO3. The van der Waals surface area contributed by atoms with Crippen molar-refractivity contribution in [3.05, 3.63) is 34.9 Å². The van der Waals surface area contributed by atoms with Crippen LogP contribution >= 0.6 is 11.6 Å². The zero-order valence-corrected chi connectivity index (χ0v) is 14.5. The highest BCUT2D eigenvalue weighted by molar-refractivity contribution is 6.30. The molecule has 4 nitrogen and oxygen atoms in total. The Morgan fingerprint density at radius 2 is 2.04 bits per heavy atom. The van der Waals surface area contributed by atoms with Gasteiger partial charge in [-0.3, -0.25) is 9.59 Å². The summed E-state index contributed by atoms with van der Waals surface area (Å²) in [5.74, 6) is 0.0695. The number of carbonyl (C=O) groups excluding carboxylic acids is 2. The van der Waals surface area contributed by atoms with Crippen LogP contribution in [-0.2, 0) is 14.3 Å². The molecule has 0 aromatic heterocycles. The summed E-state index contributed by atoms with van der Waals surface area (Å²) in [6.07, 6.45) is 1.84. The van der Waals surface area contributed by atoms with Crippen molar-refractivity contribution in [3.63, 3.8) is 0 Å². The fraction of sp³-hybridized carbons (Fsp3) is 0.556. The number of likely N-dealkylation sites (tertiary alicyclic amines) is 1. The van der Waals surface area contributed by atoms with Crippen molar-refractivity contribution in [1.82, 2.24) is 4.90 Å². The monoisotopic (exact) mass is 337 g/mol. The zero-order chi connectivity index (χ0) is 16.8. The third kappa shape index (κ3) is 4.96. The Hall–Kier alpha value is -1.55. The van der Waals surface area contributed by atoms with Crippen LogP contribution < -0.4 is 0 Å². The average molecular weight is 338 g/mol. The number of piperidine rings is 1. The smallest absolute Gasteiger partial charge is 0.309 e. The van der Waals surface area contributed by atoms with Crippen LogP contribution in [0.1, 0.15) is 44.6 Å². The molecule has 0 saturated carbocycles. The topological polar surface area (TPSA) is 46.6 Å². The first-order valence-corrected chi connectivity index (χ1v) is 8.59. The average Bonchev–Trinajstić information content (AvgIpc) is 2.55. The Morgan fingerprint density at radius 1 is 1.35 bits per heavy atom. The molecule has 1 atom stereocenters. The largest absolute Gasteiger partial charge is 0.466 e. The Morgan fingerprint density at radius 3 is 2.65 bits per heavy atom. The minimum Gasteiger partial charge on any atom is -0.466 e. The normalized spacial score (nSPS) is 16.9. The number of benzene rings is 1. The third-order valence-electron chi connectivity index (χ3n) is 4.37. The van der Waals surface area contributed by atoms with Gasteiger partial charge in [0.15, 0.2) is 0 Å². The molecule has 1 aliphatic rings. The summed E-state index contributed by atoms with van der Waals surface area (Å²) in [5.41, 5.74) is 1.08. The van der Waals surface area contributed by atoms with E-state index in [1.807, 2.05) is 43.0 Å². The lowest BCUT2D eigenvalue weighted by atomic mass is 9.94. The lowest BCUT2D eigenvalue weighted by molar-refractivity contribution is -0.151. The Balaban J connectivity index is 1.84. The molecule has 1 aromatic carbocycles. The van der Waals surface area contributed by atoms with Crippen molar-refractivity contribution in [1.29, 1.82) is 0 Å². The highest BCUT2D eigenvalue weighted by Gasteiger charge is 2.28. The number of rotatable bonds is 5. The highest BCUT2D eigenvalue weighted by Crippen LogP contribution is 2.25. The summed E-state index contributed by atoms with van der Waals surface area (Å²) in [5, 5.41) is 0.692. The molecule has 1 unspecified atom stereocenters. The minimum absolute atomic E-state index is 0.0654. The van der Waals surface area contributed by atoms with Crippen LogP contribution in [0.2, 0.25) is 5.02 Å². The molecule has 1 amide bonds. The molecule has 0 aliphatic carbocycles. The van der Waals surface area contributed by atoms with Gasteiger partial charge < -0.3 is 9.64 Å². The van der Waals surface area contributed by atoms with E-state index < -0.39 is 0 Å². The molecule has 0 spiro atoms. The SMILES string of the molecule is CCOC(=O)C1CCN(C(=O)CC(C)c2cccc(Cl)c2)CC1. The number of ether oxygens (including phenoxy) is 1. The highest BCUT2D eigenvalue weighted by atomic mass is 35.5. The van der Waals surface area contributed by atoms with E-state index in [4.69, 9.17) is 16.3 Å². The van der Waals surface area contributed by atoms with Gasteiger partial charge in [-0.05, 0) is 43.4 Å². The van der Waals surface area contributed by atoms with Crippen LogP contribution in [0.5, 0.6) is 0 Å². The Labute approximate surface area is 142 Å². The number of hydrogen-bond acceptors (Lipinski definition) is 3. The maximum atomic E-state index is 12.4. The van der Waals surface area contributed by atoms with Crippen LogP contribution in [-0.4, -0.2) is 36.5 Å². The first kappa shape index (κ1) is 17.8. The van der Waals surface area contributed by atoms with E-state index in [0.717, 1.165) is 5.56 Å². The maximum Gasteiger partial charge on any atom is 0.309 e. The van der Waals surface area contributed by atoms with Crippen molar-refractivity contribution in [3.8, 4) is 0 Å². The summed E-state index contributed by atoms with van der Waals surface area (Å²) in [4.78, 5) is 26.0. The molecule has 0 radical (unpaired) electrons. The molecule has 5 heteroatoms. The lowest BCUT2D eigenvalue weighted by Gasteiger charge is -2.31. The van der Waals surface area contributed by atoms with Gasteiger partial charge >= 0.3 is 5.97 Å². The molecule has 1 saturated heterocycles. The summed E-state index contributed by atoms with van der Waals surface area (Å²) in [6.45, 7) is 5.52. The molecule has 0 bridgehead atoms. The van der Waals surface area contributed by atoms with Crippen molar-refractivity contribution < 1.29 is 14.3 Å². The predicted octanol–water partition coefficient (Wildman–Crippen LogP) is 3.64. The number of amides is 1. The van der Waals surface area contributed by atoms with Crippen LogP contribution in [0.3, 0.4) is 0 Å². The van der Waals surface area contributed by atoms with E-state index in [0.29, 0.717) is 44.0 Å². The Kier molecular flexibility index (Phi) is 6.46. The number of esters is 1. The minimum atomic E-state index is -0.133. The summed E-state index contributed by atoms with van der Waals surface area (Å²) in [6, 6.07) is 7.65. The molecule has 1 aromatic rings. The number of hydrogen-bond donors (Lipinski definition) is 0. The summed E-state index contributed by atoms with van der Waals surface area (Å²) < 4.78 is 5.06. The molecule has 0 N–H and O–H groups in total. The Bertz CT molecular complexity index is 553. The van der Waals surface area contributed by atoms with Crippen molar-refractivity contribution in [2.24, 2.45) is 5.92 Å². The number of halogens is 1. The molecule has 23 heavy (non-hydrogen) atoms. The van der Waals surface area contributed by atoms with Gasteiger partial charge in [0.2, 0.25) is 5.91 Å². The summed E-state index contributed by atoms with van der Waals surface area (Å²) >= 11 is 6.01. The maximum absolute atomic E-state index is 12.4. The standard InChI is InChI=1S/C18H24ClNO3/c1-3-23-18(22)14-7-9-20(10-8-14)17(21)11-13(2)15-5-4-6-16(19)12-15/h4-6,12-14H,3,7-11H2,1-2H3. The molecule has 1 aliphatic heterocycles. The van der Waals surface area contributed by atoms with Crippen LogP contribution in [0.15, 0.2) is 24.3 Å².